The summed E-state index contributed by atoms with van der Waals surface area (Å²) >= 11 is -2.27. The van der Waals surface area contributed by atoms with E-state index in [9.17, 15) is 0 Å². The molecule has 0 rings (SSSR count). The van der Waals surface area contributed by atoms with E-state index in [0.717, 1.165) is 6.61 Å². The third kappa shape index (κ3) is 13.7. The zero-order valence-corrected chi connectivity index (χ0v) is 19.8. The van der Waals surface area contributed by atoms with E-state index in [1.54, 1.807) is 0 Å². The maximum absolute atomic E-state index is 6.54. The molecule has 0 heterocycles. The van der Waals surface area contributed by atoms with E-state index >= 15 is 0 Å². The Labute approximate surface area is 152 Å². The molecule has 2 heteroatoms. The van der Waals surface area contributed by atoms with Gasteiger partial charge < -0.3 is 0 Å². The molecule has 0 aliphatic heterocycles. The van der Waals surface area contributed by atoms with Crippen molar-refractivity contribution in [3.63, 3.8) is 0 Å². The molecule has 23 heavy (non-hydrogen) atoms. The summed E-state index contributed by atoms with van der Waals surface area (Å²) in [7, 11) is 0. The van der Waals surface area contributed by atoms with Crippen molar-refractivity contribution in [3.05, 3.63) is 0 Å². The van der Waals surface area contributed by atoms with Crippen LogP contribution in [0.4, 0.5) is 0 Å². The quantitative estimate of drug-likeness (QED) is 0.157. The van der Waals surface area contributed by atoms with Crippen LogP contribution in [-0.4, -0.2) is 25.4 Å². The predicted octanol–water partition coefficient (Wildman–Crippen LogP) is 8.10. The fourth-order valence-electron chi connectivity index (χ4n) is 3.81. The SMILES string of the molecule is CCCCCCC[CH2][Sn]([CH2]CC)([CH2]CCCCCCC)[O]CC. The Kier molecular flexibility index (Phi) is 18.2. The van der Waals surface area contributed by atoms with Gasteiger partial charge in [-0.25, -0.2) is 0 Å². The number of hydrogen-bond donors (Lipinski definition) is 0. The molecule has 140 valence electrons. The Bertz CT molecular complexity index is 206. The second-order valence-electron chi connectivity index (χ2n) is 7.40. The topological polar surface area (TPSA) is 9.23 Å². The maximum atomic E-state index is 6.54. The number of rotatable bonds is 18. The fraction of sp³-hybridized carbons (Fsp3) is 1.00. The van der Waals surface area contributed by atoms with Crippen LogP contribution in [0.15, 0.2) is 0 Å². The van der Waals surface area contributed by atoms with Crippen LogP contribution < -0.4 is 0 Å². The van der Waals surface area contributed by atoms with Gasteiger partial charge in [-0.05, 0) is 0 Å². The normalized spacial score (nSPS) is 12.0. The molecule has 0 spiro atoms. The second kappa shape index (κ2) is 17.6. The third-order valence-corrected chi connectivity index (χ3v) is 18.9. The van der Waals surface area contributed by atoms with E-state index in [1.807, 2.05) is 0 Å². The van der Waals surface area contributed by atoms with Gasteiger partial charge in [-0.15, -0.1) is 0 Å². The molecule has 0 atom stereocenters. The first-order valence-corrected chi connectivity index (χ1v) is 18.1. The number of unbranched alkanes of at least 4 members (excludes halogenated alkanes) is 10. The molecule has 0 saturated heterocycles. The van der Waals surface area contributed by atoms with E-state index in [-0.39, 0.29) is 0 Å². The molecule has 0 saturated carbocycles. The predicted molar refractivity (Wildman–Crippen MR) is 109 cm³/mol. The average molecular weight is 433 g/mol. The molecule has 1 nitrogen and oxygen atoms in total. The Hall–Kier alpha value is 0.759. The molecule has 0 fully saturated rings. The molecule has 0 unspecified atom stereocenters. The first-order valence-electron chi connectivity index (χ1n) is 10.9. The molecule has 0 bridgehead atoms. The van der Waals surface area contributed by atoms with Gasteiger partial charge in [0.1, 0.15) is 0 Å². The fourth-order valence-corrected chi connectivity index (χ4v) is 16.6. The zero-order valence-electron chi connectivity index (χ0n) is 16.9. The zero-order chi connectivity index (χ0) is 17.2. The Balaban J connectivity index is 4.11. The van der Waals surface area contributed by atoms with E-state index in [4.69, 9.17) is 3.07 Å². The van der Waals surface area contributed by atoms with Crippen molar-refractivity contribution in [1.29, 1.82) is 0 Å². The second-order valence-corrected chi connectivity index (χ2v) is 19.3. The van der Waals surface area contributed by atoms with Crippen LogP contribution in [0, 0.1) is 0 Å². The van der Waals surface area contributed by atoms with Crippen molar-refractivity contribution in [2.45, 2.75) is 124 Å². The van der Waals surface area contributed by atoms with Gasteiger partial charge in [0.25, 0.3) is 0 Å². The molecular formula is C21H46OSn. The molecule has 0 aliphatic carbocycles. The van der Waals surface area contributed by atoms with Crippen LogP contribution in [0.1, 0.15) is 111 Å². The van der Waals surface area contributed by atoms with Gasteiger partial charge in [0.05, 0.1) is 0 Å². The first kappa shape index (κ1) is 23.8. The van der Waals surface area contributed by atoms with Crippen LogP contribution in [-0.2, 0) is 3.07 Å². The van der Waals surface area contributed by atoms with E-state index < -0.39 is 18.8 Å². The molecule has 0 aromatic rings. The van der Waals surface area contributed by atoms with E-state index in [1.165, 1.54) is 96.8 Å². The summed E-state index contributed by atoms with van der Waals surface area (Å²) < 4.78 is 11.0. The van der Waals surface area contributed by atoms with Crippen LogP contribution in [0.5, 0.6) is 0 Å². The minimum absolute atomic E-state index is 0.974. The van der Waals surface area contributed by atoms with Crippen LogP contribution in [0.3, 0.4) is 0 Å². The molecule has 0 aliphatic rings. The molecule has 0 aromatic heterocycles. The van der Waals surface area contributed by atoms with Crippen molar-refractivity contribution >= 4 is 18.8 Å². The molecule has 0 N–H and O–H groups in total. The summed E-state index contributed by atoms with van der Waals surface area (Å²) in [6.07, 6.45) is 18.5. The third-order valence-electron chi connectivity index (χ3n) is 5.13. The summed E-state index contributed by atoms with van der Waals surface area (Å²) in [4.78, 5) is 0. The Morgan fingerprint density at radius 3 is 1.30 bits per heavy atom. The summed E-state index contributed by atoms with van der Waals surface area (Å²) in [5.74, 6) is 0. The van der Waals surface area contributed by atoms with Crippen molar-refractivity contribution in [2.24, 2.45) is 0 Å². The molecule has 0 aromatic carbocycles. The molecular weight excluding hydrogens is 387 g/mol. The summed E-state index contributed by atoms with van der Waals surface area (Å²) in [6, 6.07) is 0. The van der Waals surface area contributed by atoms with Gasteiger partial charge in [-0.1, -0.05) is 0 Å². The van der Waals surface area contributed by atoms with Crippen LogP contribution in [0.2, 0.25) is 13.3 Å². The monoisotopic (exact) mass is 434 g/mol. The van der Waals surface area contributed by atoms with Crippen molar-refractivity contribution in [2.75, 3.05) is 6.61 Å². The average Bonchev–Trinajstić information content (AvgIpc) is 2.54. The van der Waals surface area contributed by atoms with Crippen molar-refractivity contribution in [3.8, 4) is 0 Å². The summed E-state index contributed by atoms with van der Waals surface area (Å²) in [5, 5.41) is 0. The van der Waals surface area contributed by atoms with E-state index in [2.05, 4.69) is 27.7 Å². The van der Waals surface area contributed by atoms with Gasteiger partial charge in [0, 0.05) is 0 Å². The van der Waals surface area contributed by atoms with Gasteiger partial charge in [-0.3, -0.25) is 0 Å². The van der Waals surface area contributed by atoms with Gasteiger partial charge in [0.2, 0.25) is 0 Å². The first-order chi connectivity index (χ1) is 11.2. The Morgan fingerprint density at radius 1 is 0.478 bits per heavy atom. The van der Waals surface area contributed by atoms with Gasteiger partial charge in [0.15, 0.2) is 0 Å². The summed E-state index contributed by atoms with van der Waals surface area (Å²) in [5.41, 5.74) is 0. The van der Waals surface area contributed by atoms with Crippen LogP contribution >= 0.6 is 0 Å². The minimum atomic E-state index is -2.27. The summed E-state index contributed by atoms with van der Waals surface area (Å²) in [6.45, 7) is 10.2. The van der Waals surface area contributed by atoms with Crippen molar-refractivity contribution < 1.29 is 3.07 Å². The Morgan fingerprint density at radius 2 is 0.913 bits per heavy atom. The van der Waals surface area contributed by atoms with E-state index in [0.29, 0.717) is 0 Å². The van der Waals surface area contributed by atoms with Gasteiger partial charge >= 0.3 is 153 Å². The number of hydrogen-bond acceptors (Lipinski definition) is 1. The van der Waals surface area contributed by atoms with Crippen LogP contribution in [0.25, 0.3) is 0 Å². The van der Waals surface area contributed by atoms with Gasteiger partial charge in [-0.2, -0.15) is 0 Å². The molecule has 0 amide bonds. The van der Waals surface area contributed by atoms with Crippen molar-refractivity contribution in [1.82, 2.24) is 0 Å². The standard InChI is InChI=1S/2C8H17.C3H7.C2H5O.Sn/c2*1-3-5-7-8-6-4-2;1-3-2;1-2-3;/h2*1,3-8H2,2H3;1,3H2,2H3;2H2,1H3;/q;;;-1;+1. The molecule has 0 radical (unpaired) electrons.